The van der Waals surface area contributed by atoms with Crippen LogP contribution in [0.1, 0.15) is 40.0 Å². The summed E-state index contributed by atoms with van der Waals surface area (Å²) in [7, 11) is -1.46. The highest BCUT2D eigenvalue weighted by Gasteiger charge is 2.28. The van der Waals surface area contributed by atoms with Crippen molar-refractivity contribution in [1.82, 2.24) is 19.4 Å². The summed E-state index contributed by atoms with van der Waals surface area (Å²) in [6.07, 6.45) is 3.76. The van der Waals surface area contributed by atoms with Gasteiger partial charge in [-0.2, -0.15) is 4.31 Å². The zero-order chi connectivity index (χ0) is 20.6. The van der Waals surface area contributed by atoms with Gasteiger partial charge < -0.3 is 15.0 Å². The van der Waals surface area contributed by atoms with Crippen LogP contribution in [0.3, 0.4) is 0 Å². The van der Waals surface area contributed by atoms with Crippen LogP contribution in [0.4, 0.5) is 0 Å². The molecule has 0 aliphatic carbocycles. The topological polar surface area (TPSA) is 77.5 Å². The van der Waals surface area contributed by atoms with Crippen molar-refractivity contribution in [2.75, 3.05) is 65.2 Å². The minimum absolute atomic E-state index is 0. The third-order valence-corrected chi connectivity index (χ3v) is 7.39. The summed E-state index contributed by atoms with van der Waals surface area (Å²) in [5, 5.41) is 3.51. The van der Waals surface area contributed by atoms with Crippen molar-refractivity contribution in [3.63, 3.8) is 0 Å². The van der Waals surface area contributed by atoms with Crippen LogP contribution in [-0.2, 0) is 14.8 Å². The van der Waals surface area contributed by atoms with Crippen molar-refractivity contribution in [1.29, 1.82) is 0 Å². The third-order valence-electron chi connectivity index (χ3n) is 5.56. The number of likely N-dealkylation sites (tertiary alicyclic amines) is 1. The number of rotatable bonds is 9. The van der Waals surface area contributed by atoms with Crippen molar-refractivity contribution in [3.8, 4) is 0 Å². The first-order valence-electron chi connectivity index (χ1n) is 10.7. The Labute approximate surface area is 194 Å². The first kappa shape index (κ1) is 26.9. The Hall–Kier alpha value is -0.170. The van der Waals surface area contributed by atoms with E-state index < -0.39 is 10.0 Å². The van der Waals surface area contributed by atoms with Gasteiger partial charge in [-0.1, -0.05) is 6.92 Å². The normalized spacial score (nSPS) is 20.7. The number of halogens is 1. The highest BCUT2D eigenvalue weighted by atomic mass is 127. The first-order valence-corrected chi connectivity index (χ1v) is 12.3. The molecule has 0 aromatic rings. The molecule has 2 fully saturated rings. The molecule has 2 rings (SSSR count). The van der Waals surface area contributed by atoms with Crippen LogP contribution in [0.5, 0.6) is 0 Å². The van der Waals surface area contributed by atoms with E-state index in [-0.39, 0.29) is 42.4 Å². The highest BCUT2D eigenvalue weighted by Crippen LogP contribution is 2.14. The Morgan fingerprint density at radius 3 is 2.24 bits per heavy atom. The molecule has 8 nitrogen and oxygen atoms in total. The number of nitrogens with zero attached hydrogens (tertiary/aromatic N) is 4. The second-order valence-corrected chi connectivity index (χ2v) is 9.94. The van der Waals surface area contributed by atoms with Crippen molar-refractivity contribution < 1.29 is 13.2 Å². The van der Waals surface area contributed by atoms with Crippen LogP contribution in [0, 0.1) is 0 Å². The number of aliphatic imine (C=N–C) groups is 1. The average Bonchev–Trinajstić information content (AvgIpc) is 3.19. The molecule has 10 heteroatoms. The SMILES string of the molecule is CCC(CNC(=NC)N1CCN(S(=O)(=O)CCOC(C)C)CC1)N1CCCC1.I. The molecule has 0 saturated carbocycles. The van der Waals surface area contributed by atoms with Crippen LogP contribution in [0.2, 0.25) is 0 Å². The molecule has 0 aromatic carbocycles. The molecule has 2 saturated heterocycles. The van der Waals surface area contributed by atoms with Crippen molar-refractivity contribution >= 4 is 40.0 Å². The maximum absolute atomic E-state index is 12.5. The van der Waals surface area contributed by atoms with Gasteiger partial charge in [-0.3, -0.25) is 9.89 Å². The molecule has 1 unspecified atom stereocenters. The van der Waals surface area contributed by atoms with Gasteiger partial charge in [0.1, 0.15) is 0 Å². The number of hydrogen-bond donors (Lipinski definition) is 1. The molecule has 1 N–H and O–H groups in total. The Bertz CT molecular complexity index is 589. The fourth-order valence-corrected chi connectivity index (χ4v) is 5.16. The fraction of sp³-hybridized carbons (Fsp3) is 0.947. The summed E-state index contributed by atoms with van der Waals surface area (Å²) in [4.78, 5) is 9.15. The Morgan fingerprint density at radius 1 is 1.10 bits per heavy atom. The lowest BCUT2D eigenvalue weighted by Crippen LogP contribution is -2.55. The van der Waals surface area contributed by atoms with Gasteiger partial charge in [-0.15, -0.1) is 24.0 Å². The van der Waals surface area contributed by atoms with Gasteiger partial charge in [0.05, 0.1) is 18.5 Å². The molecular weight excluding hydrogens is 505 g/mol. The smallest absolute Gasteiger partial charge is 0.216 e. The number of hydrogen-bond acceptors (Lipinski definition) is 5. The predicted molar refractivity (Wildman–Crippen MR) is 130 cm³/mol. The zero-order valence-electron chi connectivity index (χ0n) is 18.5. The molecule has 0 radical (unpaired) electrons. The van der Waals surface area contributed by atoms with E-state index in [9.17, 15) is 8.42 Å². The fourth-order valence-electron chi connectivity index (χ4n) is 3.88. The van der Waals surface area contributed by atoms with Gasteiger partial charge in [0.25, 0.3) is 0 Å². The quantitative estimate of drug-likeness (QED) is 0.269. The van der Waals surface area contributed by atoms with Crippen LogP contribution >= 0.6 is 24.0 Å². The van der Waals surface area contributed by atoms with Gasteiger partial charge in [-0.25, -0.2) is 8.42 Å². The van der Waals surface area contributed by atoms with E-state index in [2.05, 4.69) is 27.0 Å². The maximum Gasteiger partial charge on any atom is 0.216 e. The van der Waals surface area contributed by atoms with E-state index in [1.807, 2.05) is 13.8 Å². The molecule has 2 heterocycles. The standard InChI is InChI=1S/C19H39N5O3S.HI/c1-5-18(22-8-6-7-9-22)16-21-19(20-4)23-10-12-24(13-11-23)28(25,26)15-14-27-17(2)3;/h17-18H,5-16H2,1-4H3,(H,20,21);1H. The Morgan fingerprint density at radius 2 is 1.72 bits per heavy atom. The van der Waals surface area contributed by atoms with Crippen molar-refractivity contribution in [2.24, 2.45) is 4.99 Å². The Kier molecular flexibility index (Phi) is 12.3. The summed E-state index contributed by atoms with van der Waals surface area (Å²) in [5.41, 5.74) is 0. The van der Waals surface area contributed by atoms with Gasteiger partial charge in [0.2, 0.25) is 10.0 Å². The third kappa shape index (κ3) is 8.47. The number of guanidine groups is 1. The monoisotopic (exact) mass is 545 g/mol. The summed E-state index contributed by atoms with van der Waals surface area (Å²) in [5.74, 6) is 0.921. The Balaban J connectivity index is 0.00000420. The predicted octanol–water partition coefficient (Wildman–Crippen LogP) is 1.43. The summed E-state index contributed by atoms with van der Waals surface area (Å²) >= 11 is 0. The molecule has 172 valence electrons. The summed E-state index contributed by atoms with van der Waals surface area (Å²) < 4.78 is 32.0. The van der Waals surface area contributed by atoms with E-state index in [1.54, 1.807) is 11.4 Å². The first-order chi connectivity index (χ1) is 13.4. The summed E-state index contributed by atoms with van der Waals surface area (Å²) in [6.45, 7) is 11.9. The molecule has 0 bridgehead atoms. The molecule has 0 amide bonds. The minimum atomic E-state index is -3.26. The van der Waals surface area contributed by atoms with E-state index in [4.69, 9.17) is 4.74 Å². The zero-order valence-corrected chi connectivity index (χ0v) is 21.6. The maximum atomic E-state index is 12.5. The molecule has 0 spiro atoms. The lowest BCUT2D eigenvalue weighted by molar-refractivity contribution is 0.0904. The lowest BCUT2D eigenvalue weighted by atomic mass is 10.2. The molecular formula is C19H40IN5O3S. The number of nitrogens with one attached hydrogen (secondary N) is 1. The minimum Gasteiger partial charge on any atom is -0.378 e. The largest absolute Gasteiger partial charge is 0.378 e. The van der Waals surface area contributed by atoms with Gasteiger partial charge >= 0.3 is 0 Å². The molecule has 1 atom stereocenters. The number of sulfonamides is 1. The number of piperazine rings is 1. The van der Waals surface area contributed by atoms with E-state index in [0.29, 0.717) is 32.2 Å². The van der Waals surface area contributed by atoms with E-state index in [0.717, 1.165) is 18.9 Å². The molecule has 2 aliphatic rings. The summed E-state index contributed by atoms with van der Waals surface area (Å²) in [6, 6.07) is 0.530. The number of ether oxygens (including phenoxy) is 1. The van der Waals surface area contributed by atoms with Crippen LogP contribution in [0.15, 0.2) is 4.99 Å². The van der Waals surface area contributed by atoms with Gasteiger partial charge in [-0.05, 0) is 46.2 Å². The lowest BCUT2D eigenvalue weighted by Gasteiger charge is -2.36. The second-order valence-electron chi connectivity index (χ2n) is 7.85. The molecule has 2 aliphatic heterocycles. The van der Waals surface area contributed by atoms with Gasteiger partial charge in [0, 0.05) is 45.8 Å². The van der Waals surface area contributed by atoms with Crippen LogP contribution in [-0.4, -0.2) is 106 Å². The molecule has 0 aromatic heterocycles. The van der Waals surface area contributed by atoms with Crippen LogP contribution in [0.25, 0.3) is 0 Å². The van der Waals surface area contributed by atoms with Crippen molar-refractivity contribution in [3.05, 3.63) is 0 Å². The highest BCUT2D eigenvalue weighted by molar-refractivity contribution is 14.0. The van der Waals surface area contributed by atoms with E-state index in [1.165, 1.54) is 25.9 Å². The van der Waals surface area contributed by atoms with Gasteiger partial charge in [0.15, 0.2) is 5.96 Å². The van der Waals surface area contributed by atoms with E-state index >= 15 is 0 Å². The molecule has 29 heavy (non-hydrogen) atoms. The second kappa shape index (κ2) is 13.3. The average molecular weight is 546 g/mol. The van der Waals surface area contributed by atoms with Crippen LogP contribution < -0.4 is 5.32 Å². The van der Waals surface area contributed by atoms with Crippen molar-refractivity contribution in [2.45, 2.75) is 52.2 Å².